The lowest BCUT2D eigenvalue weighted by molar-refractivity contribution is 0.138. The highest BCUT2D eigenvalue weighted by Gasteiger charge is 2.45. The van der Waals surface area contributed by atoms with E-state index >= 15 is 0 Å². The number of rotatable bonds is 1. The SMILES string of the molecule is C1=NC2=CN[C@@H]3NCCC3[C@@H]2[C@H](C2CCNCC2)C1. The monoisotopic (exact) mass is 260 g/mol. The van der Waals surface area contributed by atoms with Crippen molar-refractivity contribution < 1.29 is 0 Å². The van der Waals surface area contributed by atoms with Crippen molar-refractivity contribution in [3.8, 4) is 0 Å². The van der Waals surface area contributed by atoms with Gasteiger partial charge in [0.25, 0.3) is 0 Å². The van der Waals surface area contributed by atoms with Crippen molar-refractivity contribution in [3.05, 3.63) is 11.9 Å². The molecule has 0 radical (unpaired) electrons. The van der Waals surface area contributed by atoms with Crippen molar-refractivity contribution in [1.82, 2.24) is 16.0 Å². The van der Waals surface area contributed by atoms with Crippen LogP contribution in [0.25, 0.3) is 0 Å². The summed E-state index contributed by atoms with van der Waals surface area (Å²) in [6.07, 6.45) is 10.0. The van der Waals surface area contributed by atoms with E-state index in [1.54, 1.807) is 0 Å². The van der Waals surface area contributed by atoms with Gasteiger partial charge in [-0.3, -0.25) is 10.3 Å². The Bertz CT molecular complexity index is 397. The van der Waals surface area contributed by atoms with Gasteiger partial charge in [0, 0.05) is 24.3 Å². The summed E-state index contributed by atoms with van der Waals surface area (Å²) in [5.41, 5.74) is 1.32. The molecule has 0 bridgehead atoms. The van der Waals surface area contributed by atoms with Crippen molar-refractivity contribution in [2.75, 3.05) is 19.6 Å². The first-order valence-electron chi connectivity index (χ1n) is 7.86. The minimum Gasteiger partial charge on any atom is -0.374 e. The molecule has 4 aliphatic rings. The van der Waals surface area contributed by atoms with Gasteiger partial charge in [0.05, 0.1) is 11.9 Å². The smallest absolute Gasteiger partial charge is 0.0799 e. The fourth-order valence-electron chi connectivity index (χ4n) is 4.63. The van der Waals surface area contributed by atoms with Crippen LogP contribution >= 0.6 is 0 Å². The molecule has 1 unspecified atom stereocenters. The van der Waals surface area contributed by atoms with Crippen molar-refractivity contribution in [2.24, 2.45) is 28.7 Å². The lowest BCUT2D eigenvalue weighted by Gasteiger charge is -2.44. The molecule has 4 heteroatoms. The van der Waals surface area contributed by atoms with Crippen molar-refractivity contribution >= 4 is 6.21 Å². The summed E-state index contributed by atoms with van der Waals surface area (Å²) in [5.74, 6) is 3.15. The first-order chi connectivity index (χ1) is 9.43. The molecular formula is C15H24N4. The van der Waals surface area contributed by atoms with Crippen LogP contribution in [-0.4, -0.2) is 32.0 Å². The second kappa shape index (κ2) is 4.91. The van der Waals surface area contributed by atoms with E-state index in [9.17, 15) is 0 Å². The maximum absolute atomic E-state index is 4.69. The average molecular weight is 260 g/mol. The Morgan fingerprint density at radius 3 is 2.84 bits per heavy atom. The minimum absolute atomic E-state index is 0.492. The third-order valence-electron chi connectivity index (χ3n) is 5.55. The number of allylic oxidation sites excluding steroid dienone is 1. The van der Waals surface area contributed by atoms with Gasteiger partial charge in [-0.1, -0.05) is 0 Å². The van der Waals surface area contributed by atoms with Gasteiger partial charge in [0.2, 0.25) is 0 Å². The lowest BCUT2D eigenvalue weighted by atomic mass is 9.67. The third kappa shape index (κ3) is 2.01. The highest BCUT2D eigenvalue weighted by Crippen LogP contribution is 2.45. The van der Waals surface area contributed by atoms with Gasteiger partial charge in [-0.05, 0) is 57.2 Å². The number of hydrogen-bond donors (Lipinski definition) is 3. The molecule has 0 aromatic heterocycles. The fourth-order valence-corrected chi connectivity index (χ4v) is 4.63. The maximum atomic E-state index is 4.69. The van der Waals surface area contributed by atoms with E-state index < -0.39 is 0 Å². The molecule has 19 heavy (non-hydrogen) atoms. The van der Waals surface area contributed by atoms with Crippen LogP contribution in [0.5, 0.6) is 0 Å². The summed E-state index contributed by atoms with van der Waals surface area (Å²) in [6.45, 7) is 3.56. The standard InChI is InChI=1S/C15H24N4/c1-5-16-6-2-10(1)11-3-7-17-13-9-19-15-12(14(11)13)4-8-18-15/h7,9-12,14-16,18-19H,1-6,8H2/t11-,12?,14-,15-/m0/s1. The van der Waals surface area contributed by atoms with Gasteiger partial charge >= 0.3 is 0 Å². The van der Waals surface area contributed by atoms with Crippen LogP contribution in [0.2, 0.25) is 0 Å². The van der Waals surface area contributed by atoms with Crippen LogP contribution in [-0.2, 0) is 0 Å². The first kappa shape index (κ1) is 11.9. The van der Waals surface area contributed by atoms with Gasteiger partial charge in [0.15, 0.2) is 0 Å². The zero-order valence-electron chi connectivity index (χ0n) is 11.4. The molecular weight excluding hydrogens is 236 g/mol. The Morgan fingerprint density at radius 1 is 1.05 bits per heavy atom. The van der Waals surface area contributed by atoms with E-state index in [1.807, 2.05) is 0 Å². The number of fused-ring (bicyclic) bond motifs is 3. The molecule has 4 rings (SSSR count). The molecule has 0 amide bonds. The molecule has 0 aromatic rings. The summed E-state index contributed by atoms with van der Waals surface area (Å²) < 4.78 is 0. The molecule has 0 spiro atoms. The van der Waals surface area contributed by atoms with Gasteiger partial charge in [-0.25, -0.2) is 0 Å². The summed E-state index contributed by atoms with van der Waals surface area (Å²) in [7, 11) is 0. The highest BCUT2D eigenvalue weighted by molar-refractivity contribution is 5.61. The quantitative estimate of drug-likeness (QED) is 0.661. The highest BCUT2D eigenvalue weighted by atomic mass is 15.2. The predicted octanol–water partition coefficient (Wildman–Crippen LogP) is 1.07. The van der Waals surface area contributed by atoms with Crippen LogP contribution in [0.15, 0.2) is 16.9 Å². The molecule has 2 fully saturated rings. The minimum atomic E-state index is 0.492. The largest absolute Gasteiger partial charge is 0.374 e. The van der Waals surface area contributed by atoms with Crippen molar-refractivity contribution in [3.63, 3.8) is 0 Å². The number of aliphatic imine (C=N–C) groups is 1. The predicted molar refractivity (Wildman–Crippen MR) is 76.8 cm³/mol. The summed E-state index contributed by atoms with van der Waals surface area (Å²) in [6, 6.07) is 0. The Morgan fingerprint density at radius 2 is 1.95 bits per heavy atom. The van der Waals surface area contributed by atoms with Crippen LogP contribution < -0.4 is 16.0 Å². The van der Waals surface area contributed by atoms with E-state index in [0.717, 1.165) is 24.3 Å². The normalized spacial score (nSPS) is 42.2. The van der Waals surface area contributed by atoms with E-state index in [0.29, 0.717) is 12.1 Å². The van der Waals surface area contributed by atoms with Gasteiger partial charge in [-0.2, -0.15) is 0 Å². The lowest BCUT2D eigenvalue weighted by Crippen LogP contribution is -2.49. The molecule has 4 nitrogen and oxygen atoms in total. The second-order valence-corrected chi connectivity index (χ2v) is 6.44. The molecule has 0 saturated carbocycles. The topological polar surface area (TPSA) is 48.5 Å². The molecule has 4 aliphatic heterocycles. The molecule has 2 saturated heterocycles. The van der Waals surface area contributed by atoms with Crippen LogP contribution in [0, 0.1) is 23.7 Å². The zero-order valence-corrected chi connectivity index (χ0v) is 11.4. The van der Waals surface area contributed by atoms with Gasteiger partial charge in [-0.15, -0.1) is 0 Å². The Balaban J connectivity index is 1.62. The Kier molecular flexibility index (Phi) is 3.08. The number of piperidine rings is 1. The van der Waals surface area contributed by atoms with Crippen LogP contribution in [0.3, 0.4) is 0 Å². The molecule has 0 aliphatic carbocycles. The molecule has 3 N–H and O–H groups in total. The summed E-state index contributed by atoms with van der Waals surface area (Å²) in [4.78, 5) is 4.69. The average Bonchev–Trinajstić information content (AvgIpc) is 2.96. The third-order valence-corrected chi connectivity index (χ3v) is 5.55. The van der Waals surface area contributed by atoms with Crippen molar-refractivity contribution in [1.29, 1.82) is 0 Å². The Hall–Kier alpha value is -0.870. The molecule has 4 heterocycles. The van der Waals surface area contributed by atoms with Crippen LogP contribution in [0.4, 0.5) is 0 Å². The van der Waals surface area contributed by atoms with E-state index in [-0.39, 0.29) is 0 Å². The fraction of sp³-hybridized carbons (Fsp3) is 0.800. The number of nitrogens with one attached hydrogen (secondary N) is 3. The maximum Gasteiger partial charge on any atom is 0.0799 e. The summed E-state index contributed by atoms with van der Waals surface area (Å²) >= 11 is 0. The van der Waals surface area contributed by atoms with Crippen molar-refractivity contribution in [2.45, 2.75) is 31.8 Å². The van der Waals surface area contributed by atoms with Gasteiger partial charge in [0.1, 0.15) is 0 Å². The first-order valence-corrected chi connectivity index (χ1v) is 7.86. The van der Waals surface area contributed by atoms with E-state index in [4.69, 9.17) is 0 Å². The summed E-state index contributed by atoms with van der Waals surface area (Å²) in [5, 5.41) is 10.6. The van der Waals surface area contributed by atoms with E-state index in [1.165, 1.54) is 44.5 Å². The molecule has 0 aromatic carbocycles. The second-order valence-electron chi connectivity index (χ2n) is 6.44. The number of hydrogen-bond acceptors (Lipinski definition) is 4. The number of nitrogens with zero attached hydrogens (tertiary/aromatic N) is 1. The molecule has 104 valence electrons. The Labute approximate surface area is 115 Å². The molecule has 4 atom stereocenters. The van der Waals surface area contributed by atoms with E-state index in [2.05, 4.69) is 33.4 Å². The van der Waals surface area contributed by atoms with Crippen LogP contribution in [0.1, 0.15) is 25.7 Å². The zero-order chi connectivity index (χ0) is 12.7. The van der Waals surface area contributed by atoms with Gasteiger partial charge < -0.3 is 10.6 Å².